The number of halogens is 1. The van der Waals surface area contributed by atoms with Crippen LogP contribution < -0.4 is 5.32 Å². The van der Waals surface area contributed by atoms with Gasteiger partial charge >= 0.3 is 0 Å². The zero-order valence-electron chi connectivity index (χ0n) is 12.9. The van der Waals surface area contributed by atoms with Crippen molar-refractivity contribution in [1.82, 2.24) is 5.32 Å². The molecular weight excluding hydrogens is 330 g/mol. The third-order valence-electron chi connectivity index (χ3n) is 4.35. The maximum atomic E-state index is 12.7. The summed E-state index contributed by atoms with van der Waals surface area (Å²) in [5.74, 6) is 0.0956. The zero-order chi connectivity index (χ0) is 15.7. The SMILES string of the molecule is CC(C)(C)C(CCO)NC(=O)C1(c2ccc(Br)cc2)CC1. The Bertz CT molecular complexity index is 501. The number of amides is 1. The molecule has 0 radical (unpaired) electrons. The van der Waals surface area contributed by atoms with Crippen LogP contribution in [0.15, 0.2) is 28.7 Å². The van der Waals surface area contributed by atoms with Crippen molar-refractivity contribution in [2.45, 2.75) is 51.5 Å². The standard InChI is InChI=1S/C17H24BrNO2/c1-16(2,3)14(8-11-20)19-15(21)17(9-10-17)12-4-6-13(18)7-5-12/h4-7,14,20H,8-11H2,1-3H3,(H,19,21). The highest BCUT2D eigenvalue weighted by Gasteiger charge is 2.51. The van der Waals surface area contributed by atoms with Crippen LogP contribution in [-0.4, -0.2) is 23.7 Å². The van der Waals surface area contributed by atoms with Crippen molar-refractivity contribution in [2.75, 3.05) is 6.61 Å². The summed E-state index contributed by atoms with van der Waals surface area (Å²) in [6, 6.07) is 8.00. The van der Waals surface area contributed by atoms with Crippen LogP contribution in [0, 0.1) is 5.41 Å². The third-order valence-corrected chi connectivity index (χ3v) is 4.88. The van der Waals surface area contributed by atoms with Gasteiger partial charge in [0.15, 0.2) is 0 Å². The Morgan fingerprint density at radius 3 is 2.33 bits per heavy atom. The van der Waals surface area contributed by atoms with Gasteiger partial charge in [-0.2, -0.15) is 0 Å². The summed E-state index contributed by atoms with van der Waals surface area (Å²) in [6.45, 7) is 6.36. The highest BCUT2D eigenvalue weighted by molar-refractivity contribution is 9.10. The monoisotopic (exact) mass is 353 g/mol. The average Bonchev–Trinajstić information content (AvgIpc) is 3.19. The van der Waals surface area contributed by atoms with E-state index in [2.05, 4.69) is 42.0 Å². The second-order valence-corrected chi connectivity index (χ2v) is 7.91. The molecule has 1 aliphatic rings. The molecule has 1 aromatic carbocycles. The second-order valence-electron chi connectivity index (χ2n) is 6.99. The smallest absolute Gasteiger partial charge is 0.230 e. The van der Waals surface area contributed by atoms with Gasteiger partial charge in [-0.1, -0.05) is 48.8 Å². The van der Waals surface area contributed by atoms with Gasteiger partial charge in [-0.3, -0.25) is 4.79 Å². The van der Waals surface area contributed by atoms with E-state index in [1.165, 1.54) is 0 Å². The number of benzene rings is 1. The van der Waals surface area contributed by atoms with Gasteiger partial charge in [0.05, 0.1) is 5.41 Å². The summed E-state index contributed by atoms with van der Waals surface area (Å²) >= 11 is 3.43. The lowest BCUT2D eigenvalue weighted by Crippen LogP contribution is -2.48. The molecule has 2 N–H and O–H groups in total. The molecule has 1 fully saturated rings. The Labute approximate surface area is 135 Å². The molecule has 116 valence electrons. The van der Waals surface area contributed by atoms with Crippen molar-refractivity contribution in [2.24, 2.45) is 5.41 Å². The van der Waals surface area contributed by atoms with E-state index in [4.69, 9.17) is 0 Å². The second kappa shape index (κ2) is 6.09. The summed E-state index contributed by atoms with van der Waals surface area (Å²) in [7, 11) is 0. The third kappa shape index (κ3) is 3.67. The maximum Gasteiger partial charge on any atom is 0.230 e. The summed E-state index contributed by atoms with van der Waals surface area (Å²) in [6.07, 6.45) is 2.39. The highest BCUT2D eigenvalue weighted by Crippen LogP contribution is 2.48. The molecule has 0 aromatic heterocycles. The maximum absolute atomic E-state index is 12.7. The topological polar surface area (TPSA) is 49.3 Å². The zero-order valence-corrected chi connectivity index (χ0v) is 14.5. The van der Waals surface area contributed by atoms with Crippen molar-refractivity contribution in [3.63, 3.8) is 0 Å². The summed E-state index contributed by atoms with van der Waals surface area (Å²) in [4.78, 5) is 12.7. The molecule has 0 spiro atoms. The molecule has 0 saturated heterocycles. The van der Waals surface area contributed by atoms with Crippen LogP contribution in [0.1, 0.15) is 45.6 Å². The van der Waals surface area contributed by atoms with Crippen molar-refractivity contribution in [3.05, 3.63) is 34.3 Å². The minimum Gasteiger partial charge on any atom is -0.396 e. The number of hydrogen-bond donors (Lipinski definition) is 2. The summed E-state index contributed by atoms with van der Waals surface area (Å²) < 4.78 is 1.02. The van der Waals surface area contributed by atoms with Crippen LogP contribution in [0.2, 0.25) is 0 Å². The van der Waals surface area contributed by atoms with E-state index < -0.39 is 0 Å². The van der Waals surface area contributed by atoms with E-state index in [0.717, 1.165) is 22.9 Å². The van der Waals surface area contributed by atoms with Crippen LogP contribution in [0.3, 0.4) is 0 Å². The number of aliphatic hydroxyl groups is 1. The molecule has 1 amide bonds. The molecule has 1 saturated carbocycles. The molecule has 1 aliphatic carbocycles. The predicted molar refractivity (Wildman–Crippen MR) is 88.1 cm³/mol. The van der Waals surface area contributed by atoms with Crippen molar-refractivity contribution in [1.29, 1.82) is 0 Å². The number of carbonyl (C=O) groups is 1. The molecule has 3 nitrogen and oxygen atoms in total. The first-order chi connectivity index (χ1) is 9.79. The van der Waals surface area contributed by atoms with E-state index in [-0.39, 0.29) is 29.4 Å². The van der Waals surface area contributed by atoms with Gasteiger partial charge in [-0.15, -0.1) is 0 Å². The summed E-state index contributed by atoms with van der Waals surface area (Å²) in [5.41, 5.74) is 0.660. The van der Waals surface area contributed by atoms with Crippen molar-refractivity contribution in [3.8, 4) is 0 Å². The molecule has 0 heterocycles. The van der Waals surface area contributed by atoms with Gasteiger partial charge < -0.3 is 10.4 Å². The lowest BCUT2D eigenvalue weighted by molar-refractivity contribution is -0.125. The van der Waals surface area contributed by atoms with E-state index in [0.29, 0.717) is 6.42 Å². The average molecular weight is 354 g/mol. The Morgan fingerprint density at radius 1 is 1.33 bits per heavy atom. The van der Waals surface area contributed by atoms with Gasteiger partial charge in [0, 0.05) is 17.1 Å². The molecule has 1 unspecified atom stereocenters. The fourth-order valence-corrected chi connectivity index (χ4v) is 2.95. The van der Waals surface area contributed by atoms with E-state index >= 15 is 0 Å². The van der Waals surface area contributed by atoms with E-state index in [9.17, 15) is 9.90 Å². The molecule has 4 heteroatoms. The number of hydrogen-bond acceptors (Lipinski definition) is 2. The minimum absolute atomic E-state index is 0.0112. The first-order valence-corrected chi connectivity index (χ1v) is 8.27. The van der Waals surface area contributed by atoms with Crippen LogP contribution in [0.25, 0.3) is 0 Å². The molecule has 0 bridgehead atoms. The quantitative estimate of drug-likeness (QED) is 0.852. The lowest BCUT2D eigenvalue weighted by atomic mass is 9.84. The Kier molecular flexibility index (Phi) is 4.79. The van der Waals surface area contributed by atoms with E-state index in [1.54, 1.807) is 0 Å². The van der Waals surface area contributed by atoms with Gasteiger partial charge in [-0.25, -0.2) is 0 Å². The van der Waals surface area contributed by atoms with Crippen LogP contribution in [0.5, 0.6) is 0 Å². The largest absolute Gasteiger partial charge is 0.396 e. The molecular formula is C17H24BrNO2. The Hall–Kier alpha value is -0.870. The normalized spacial score (nSPS) is 18.1. The van der Waals surface area contributed by atoms with Crippen LogP contribution >= 0.6 is 15.9 Å². The van der Waals surface area contributed by atoms with Gasteiger partial charge in [0.2, 0.25) is 5.91 Å². The fourth-order valence-electron chi connectivity index (χ4n) is 2.69. The molecule has 2 rings (SSSR count). The Morgan fingerprint density at radius 2 is 1.90 bits per heavy atom. The highest BCUT2D eigenvalue weighted by atomic mass is 79.9. The van der Waals surface area contributed by atoms with Crippen molar-refractivity contribution < 1.29 is 9.90 Å². The van der Waals surface area contributed by atoms with Gasteiger partial charge in [0.1, 0.15) is 0 Å². The first kappa shape index (κ1) is 16.5. The molecule has 21 heavy (non-hydrogen) atoms. The van der Waals surface area contributed by atoms with Crippen LogP contribution in [-0.2, 0) is 10.2 Å². The summed E-state index contributed by atoms with van der Waals surface area (Å²) in [5, 5.41) is 12.4. The van der Waals surface area contributed by atoms with Gasteiger partial charge in [-0.05, 0) is 42.4 Å². The van der Waals surface area contributed by atoms with Gasteiger partial charge in [0.25, 0.3) is 0 Å². The number of rotatable bonds is 5. The van der Waals surface area contributed by atoms with Crippen LogP contribution in [0.4, 0.5) is 0 Å². The predicted octanol–water partition coefficient (Wildman–Crippen LogP) is 3.39. The number of nitrogens with one attached hydrogen (secondary N) is 1. The van der Waals surface area contributed by atoms with E-state index in [1.807, 2.05) is 24.3 Å². The minimum atomic E-state index is -0.361. The molecule has 0 aliphatic heterocycles. The molecule has 1 aromatic rings. The first-order valence-electron chi connectivity index (χ1n) is 7.47. The Balaban J connectivity index is 2.13. The van der Waals surface area contributed by atoms with Crippen molar-refractivity contribution >= 4 is 21.8 Å². The lowest BCUT2D eigenvalue weighted by Gasteiger charge is -2.32. The molecule has 1 atom stereocenters. The number of carbonyl (C=O) groups excluding carboxylic acids is 1. The number of aliphatic hydroxyl groups excluding tert-OH is 1. The fraction of sp³-hybridized carbons (Fsp3) is 0.588.